The molecule has 128 valence electrons. The van der Waals surface area contributed by atoms with Crippen LogP contribution in [0, 0.1) is 0 Å². The molecule has 0 saturated heterocycles. The van der Waals surface area contributed by atoms with E-state index in [4.69, 9.17) is 0 Å². The molecule has 25 heavy (non-hydrogen) atoms. The van der Waals surface area contributed by atoms with Gasteiger partial charge < -0.3 is 9.80 Å². The Hall–Kier alpha value is -2.39. The Morgan fingerprint density at radius 3 is 2.56 bits per heavy atom. The Bertz CT molecular complexity index is 825. The third kappa shape index (κ3) is 3.52. The number of rotatable bonds is 2. The van der Waals surface area contributed by atoms with E-state index in [1.807, 2.05) is 17.0 Å². The number of carbonyl (C=O) groups is 1. The molecule has 0 aromatic heterocycles. The summed E-state index contributed by atoms with van der Waals surface area (Å²) in [6.45, 7) is 3.63. The van der Waals surface area contributed by atoms with Crippen LogP contribution in [0.3, 0.4) is 0 Å². The summed E-state index contributed by atoms with van der Waals surface area (Å²) in [5.74, 6) is 0.101. The lowest BCUT2D eigenvalue weighted by Crippen LogP contribution is -2.34. The van der Waals surface area contributed by atoms with Gasteiger partial charge in [0.25, 0.3) is 0 Å². The molecule has 1 amide bonds. The second-order valence-electron chi connectivity index (χ2n) is 7.13. The highest BCUT2D eigenvalue weighted by Crippen LogP contribution is 2.21. The molecular weight excluding hydrogens is 308 g/mol. The SMILES string of the molecule is CN1CCc2ccc(C=CC(=O)N3CCc4ccccc4C3)cc2C1. The predicted molar refractivity (Wildman–Crippen MR) is 101 cm³/mol. The van der Waals surface area contributed by atoms with Crippen molar-refractivity contribution in [2.24, 2.45) is 0 Å². The Morgan fingerprint density at radius 2 is 1.68 bits per heavy atom. The topological polar surface area (TPSA) is 23.6 Å². The van der Waals surface area contributed by atoms with Crippen LogP contribution in [0.5, 0.6) is 0 Å². The Balaban J connectivity index is 1.45. The van der Waals surface area contributed by atoms with E-state index >= 15 is 0 Å². The zero-order chi connectivity index (χ0) is 17.2. The fourth-order valence-corrected chi connectivity index (χ4v) is 3.78. The molecule has 0 atom stereocenters. The lowest BCUT2D eigenvalue weighted by Gasteiger charge is -2.28. The van der Waals surface area contributed by atoms with Gasteiger partial charge in [-0.15, -0.1) is 0 Å². The molecule has 3 heteroatoms. The maximum absolute atomic E-state index is 12.6. The molecule has 2 aliphatic heterocycles. The van der Waals surface area contributed by atoms with Crippen molar-refractivity contribution in [2.75, 3.05) is 20.1 Å². The summed E-state index contributed by atoms with van der Waals surface area (Å²) < 4.78 is 0. The molecule has 4 rings (SSSR count). The van der Waals surface area contributed by atoms with Crippen molar-refractivity contribution in [1.82, 2.24) is 9.80 Å². The molecule has 0 saturated carbocycles. The number of hydrogen-bond donors (Lipinski definition) is 0. The zero-order valence-electron chi connectivity index (χ0n) is 14.7. The zero-order valence-corrected chi connectivity index (χ0v) is 14.7. The number of fused-ring (bicyclic) bond motifs is 2. The van der Waals surface area contributed by atoms with E-state index in [2.05, 4.69) is 48.3 Å². The normalized spacial score (nSPS) is 17.4. The number of nitrogens with zero attached hydrogens (tertiary/aromatic N) is 2. The van der Waals surface area contributed by atoms with Gasteiger partial charge in [0, 0.05) is 32.3 Å². The standard InChI is InChI=1S/C22H24N2O/c1-23-12-10-19-8-6-17(14-21(19)15-23)7-9-22(25)24-13-11-18-4-2-3-5-20(18)16-24/h2-9,14H,10-13,15-16H2,1H3. The van der Waals surface area contributed by atoms with Crippen molar-refractivity contribution in [3.05, 3.63) is 76.4 Å². The molecule has 0 aliphatic carbocycles. The highest BCUT2D eigenvalue weighted by molar-refractivity contribution is 5.92. The van der Waals surface area contributed by atoms with Gasteiger partial charge in [-0.2, -0.15) is 0 Å². The van der Waals surface area contributed by atoms with Gasteiger partial charge in [0.1, 0.15) is 0 Å². The summed E-state index contributed by atoms with van der Waals surface area (Å²) >= 11 is 0. The summed E-state index contributed by atoms with van der Waals surface area (Å²) in [7, 11) is 2.16. The van der Waals surface area contributed by atoms with Crippen LogP contribution in [-0.4, -0.2) is 35.8 Å². The van der Waals surface area contributed by atoms with Gasteiger partial charge in [0.05, 0.1) is 0 Å². The number of benzene rings is 2. The van der Waals surface area contributed by atoms with Crippen LogP contribution in [0.15, 0.2) is 48.5 Å². The van der Waals surface area contributed by atoms with Crippen molar-refractivity contribution in [1.29, 1.82) is 0 Å². The first kappa shape index (κ1) is 16.1. The summed E-state index contributed by atoms with van der Waals surface area (Å²) in [5.41, 5.74) is 6.57. The van der Waals surface area contributed by atoms with Crippen molar-refractivity contribution < 1.29 is 4.79 Å². The van der Waals surface area contributed by atoms with Crippen molar-refractivity contribution >= 4 is 12.0 Å². The molecule has 0 spiro atoms. The van der Waals surface area contributed by atoms with E-state index in [-0.39, 0.29) is 5.91 Å². The summed E-state index contributed by atoms with van der Waals surface area (Å²) in [5, 5.41) is 0. The van der Waals surface area contributed by atoms with Crippen molar-refractivity contribution in [2.45, 2.75) is 25.9 Å². The molecule has 2 aromatic carbocycles. The van der Waals surface area contributed by atoms with Gasteiger partial charge in [-0.25, -0.2) is 0 Å². The minimum atomic E-state index is 0.101. The second-order valence-corrected chi connectivity index (χ2v) is 7.13. The summed E-state index contributed by atoms with van der Waals surface area (Å²) in [6.07, 6.45) is 5.74. The number of hydrogen-bond acceptors (Lipinski definition) is 2. The minimum Gasteiger partial charge on any atom is -0.334 e. The fourth-order valence-electron chi connectivity index (χ4n) is 3.78. The third-order valence-electron chi connectivity index (χ3n) is 5.29. The van der Waals surface area contributed by atoms with Gasteiger partial charge in [-0.1, -0.05) is 42.5 Å². The van der Waals surface area contributed by atoms with E-state index in [1.165, 1.54) is 22.3 Å². The van der Waals surface area contributed by atoms with Crippen LogP contribution in [0.25, 0.3) is 6.08 Å². The highest BCUT2D eigenvalue weighted by atomic mass is 16.2. The molecule has 0 radical (unpaired) electrons. The first-order valence-corrected chi connectivity index (χ1v) is 9.03. The number of likely N-dealkylation sites (N-methyl/N-ethyl adjacent to an activating group) is 1. The molecule has 2 heterocycles. The molecule has 0 N–H and O–H groups in total. The van der Waals surface area contributed by atoms with E-state index in [1.54, 1.807) is 6.08 Å². The minimum absolute atomic E-state index is 0.101. The molecule has 0 bridgehead atoms. The van der Waals surface area contributed by atoms with Gasteiger partial charge in [-0.05, 0) is 53.8 Å². The van der Waals surface area contributed by atoms with Crippen LogP contribution >= 0.6 is 0 Å². The molecule has 3 nitrogen and oxygen atoms in total. The molecule has 0 unspecified atom stereocenters. The first-order valence-electron chi connectivity index (χ1n) is 9.03. The van der Waals surface area contributed by atoms with E-state index < -0.39 is 0 Å². The van der Waals surface area contributed by atoms with Crippen LogP contribution in [-0.2, 0) is 30.7 Å². The monoisotopic (exact) mass is 332 g/mol. The first-order chi connectivity index (χ1) is 12.2. The molecular formula is C22H24N2O. The van der Waals surface area contributed by atoms with E-state index in [0.29, 0.717) is 6.54 Å². The number of carbonyl (C=O) groups excluding carboxylic acids is 1. The Morgan fingerprint density at radius 1 is 0.920 bits per heavy atom. The Labute approximate surface area is 149 Å². The van der Waals surface area contributed by atoms with Crippen molar-refractivity contribution in [3.8, 4) is 0 Å². The quantitative estimate of drug-likeness (QED) is 0.788. The van der Waals surface area contributed by atoms with Crippen LogP contribution < -0.4 is 0 Å². The molecule has 2 aromatic rings. The fraction of sp³-hybridized carbons (Fsp3) is 0.318. The Kier molecular flexibility index (Phi) is 4.41. The van der Waals surface area contributed by atoms with E-state index in [0.717, 1.165) is 38.0 Å². The second kappa shape index (κ2) is 6.85. The highest BCUT2D eigenvalue weighted by Gasteiger charge is 2.18. The van der Waals surface area contributed by atoms with Crippen LogP contribution in [0.1, 0.15) is 27.8 Å². The van der Waals surface area contributed by atoms with Gasteiger partial charge >= 0.3 is 0 Å². The van der Waals surface area contributed by atoms with Gasteiger partial charge in [0.2, 0.25) is 5.91 Å². The summed E-state index contributed by atoms with van der Waals surface area (Å²) in [4.78, 5) is 16.8. The third-order valence-corrected chi connectivity index (χ3v) is 5.29. The van der Waals surface area contributed by atoms with Crippen LogP contribution in [0.2, 0.25) is 0 Å². The largest absolute Gasteiger partial charge is 0.334 e. The number of amides is 1. The van der Waals surface area contributed by atoms with Crippen molar-refractivity contribution in [3.63, 3.8) is 0 Å². The summed E-state index contributed by atoms with van der Waals surface area (Å²) in [6, 6.07) is 15.0. The van der Waals surface area contributed by atoms with Crippen LogP contribution in [0.4, 0.5) is 0 Å². The molecule has 2 aliphatic rings. The maximum atomic E-state index is 12.6. The average molecular weight is 332 g/mol. The molecule has 0 fully saturated rings. The smallest absolute Gasteiger partial charge is 0.246 e. The lowest BCUT2D eigenvalue weighted by molar-refractivity contribution is -0.126. The predicted octanol–water partition coefficient (Wildman–Crippen LogP) is 3.27. The van der Waals surface area contributed by atoms with E-state index in [9.17, 15) is 4.79 Å². The lowest BCUT2D eigenvalue weighted by atomic mass is 9.97. The van der Waals surface area contributed by atoms with Gasteiger partial charge in [0.15, 0.2) is 0 Å². The van der Waals surface area contributed by atoms with Gasteiger partial charge in [-0.3, -0.25) is 4.79 Å². The maximum Gasteiger partial charge on any atom is 0.246 e. The average Bonchev–Trinajstić information content (AvgIpc) is 2.65.